The molecule has 6 nitrogen and oxygen atoms in total. The number of anilines is 1. The minimum absolute atomic E-state index is 0.110. The smallest absolute Gasteiger partial charge is 0.322 e. The summed E-state index contributed by atoms with van der Waals surface area (Å²) in [5.74, 6) is 0.924. The molecule has 0 spiro atoms. The van der Waals surface area contributed by atoms with E-state index in [0.29, 0.717) is 38.2 Å². The lowest BCUT2D eigenvalue weighted by Gasteiger charge is -2.08. The minimum Gasteiger partial charge on any atom is -0.461 e. The fraction of sp³-hybridized carbons (Fsp3) is 0.727. The second kappa shape index (κ2) is 8.05. The molecule has 0 aliphatic rings. The van der Waals surface area contributed by atoms with E-state index in [1.807, 2.05) is 6.92 Å². The predicted octanol–water partition coefficient (Wildman–Crippen LogP) is 2.01. The minimum atomic E-state index is 0.110. The lowest BCUT2D eigenvalue weighted by molar-refractivity contribution is 0.0791. The number of nitrogens with one attached hydrogen (secondary N) is 1. The second-order valence-electron chi connectivity index (χ2n) is 4.06. The van der Waals surface area contributed by atoms with Gasteiger partial charge in [-0.2, -0.15) is 15.0 Å². The van der Waals surface area contributed by atoms with Crippen molar-refractivity contribution in [2.75, 3.05) is 31.7 Å². The van der Waals surface area contributed by atoms with Crippen LogP contribution in [-0.2, 0) is 4.74 Å². The first kappa shape index (κ1) is 14.9. The molecule has 0 aliphatic heterocycles. The van der Waals surface area contributed by atoms with Crippen LogP contribution in [-0.4, -0.2) is 41.3 Å². The fourth-order valence-corrected chi connectivity index (χ4v) is 1.30. The molecule has 102 valence electrons. The van der Waals surface area contributed by atoms with E-state index in [-0.39, 0.29) is 11.3 Å². The van der Waals surface area contributed by atoms with Crippen molar-refractivity contribution < 1.29 is 9.47 Å². The molecule has 0 aromatic carbocycles. The van der Waals surface area contributed by atoms with Gasteiger partial charge in [0.15, 0.2) is 0 Å². The van der Waals surface area contributed by atoms with Crippen LogP contribution in [0.3, 0.4) is 0 Å². The maximum Gasteiger partial charge on any atom is 0.322 e. The highest BCUT2D eigenvalue weighted by atomic mass is 35.5. The van der Waals surface area contributed by atoms with Gasteiger partial charge in [-0.25, -0.2) is 0 Å². The van der Waals surface area contributed by atoms with Gasteiger partial charge in [0.1, 0.15) is 6.61 Å². The topological polar surface area (TPSA) is 69.2 Å². The van der Waals surface area contributed by atoms with Crippen molar-refractivity contribution in [3.05, 3.63) is 5.28 Å². The number of ether oxygens (including phenoxy) is 2. The van der Waals surface area contributed by atoms with Crippen molar-refractivity contribution in [1.82, 2.24) is 15.0 Å². The SMILES string of the molecule is CCNc1nc(Cl)nc(OCCOCC(C)C)n1. The maximum absolute atomic E-state index is 5.75. The Bertz CT molecular complexity index is 363. The predicted molar refractivity (Wildman–Crippen MR) is 70.2 cm³/mol. The Labute approximate surface area is 112 Å². The standard InChI is InChI=1S/C11H19ClN4O2/c1-4-13-10-14-9(12)15-11(16-10)18-6-5-17-7-8(2)3/h8H,4-7H2,1-3H3,(H,13,14,15,16). The van der Waals surface area contributed by atoms with Crippen molar-refractivity contribution in [1.29, 1.82) is 0 Å². The second-order valence-corrected chi connectivity index (χ2v) is 4.40. The summed E-state index contributed by atoms with van der Waals surface area (Å²) in [5, 5.41) is 3.06. The molecule has 1 N–H and O–H groups in total. The monoisotopic (exact) mass is 274 g/mol. The molecule has 1 aromatic heterocycles. The number of nitrogens with zero attached hydrogens (tertiary/aromatic N) is 3. The van der Waals surface area contributed by atoms with Crippen LogP contribution < -0.4 is 10.1 Å². The quantitative estimate of drug-likeness (QED) is 0.732. The van der Waals surface area contributed by atoms with Gasteiger partial charge < -0.3 is 14.8 Å². The number of halogens is 1. The maximum atomic E-state index is 5.75. The zero-order chi connectivity index (χ0) is 13.4. The Kier molecular flexibility index (Phi) is 6.67. The molecule has 7 heteroatoms. The van der Waals surface area contributed by atoms with Crippen LogP contribution in [0.2, 0.25) is 5.28 Å². The van der Waals surface area contributed by atoms with Crippen LogP contribution in [0, 0.1) is 5.92 Å². The van der Waals surface area contributed by atoms with E-state index < -0.39 is 0 Å². The Balaban J connectivity index is 2.37. The van der Waals surface area contributed by atoms with Crippen LogP contribution >= 0.6 is 11.6 Å². The van der Waals surface area contributed by atoms with Crippen molar-refractivity contribution in [2.24, 2.45) is 5.92 Å². The van der Waals surface area contributed by atoms with E-state index in [1.54, 1.807) is 0 Å². The third-order valence-electron chi connectivity index (χ3n) is 1.83. The van der Waals surface area contributed by atoms with Crippen molar-refractivity contribution in [3.63, 3.8) is 0 Å². The summed E-state index contributed by atoms with van der Waals surface area (Å²) in [7, 11) is 0. The van der Waals surface area contributed by atoms with Gasteiger partial charge in [-0.3, -0.25) is 0 Å². The normalized spacial score (nSPS) is 10.7. The largest absolute Gasteiger partial charge is 0.461 e. The molecule has 0 unspecified atom stereocenters. The molecular formula is C11H19ClN4O2. The summed E-state index contributed by atoms with van der Waals surface area (Å²) < 4.78 is 10.7. The van der Waals surface area contributed by atoms with Gasteiger partial charge in [0.2, 0.25) is 11.2 Å². The van der Waals surface area contributed by atoms with Gasteiger partial charge >= 0.3 is 6.01 Å². The molecule has 0 atom stereocenters. The Hall–Kier alpha value is -1.14. The Morgan fingerprint density at radius 2 is 2.00 bits per heavy atom. The molecular weight excluding hydrogens is 256 g/mol. The van der Waals surface area contributed by atoms with Gasteiger partial charge in [0.25, 0.3) is 0 Å². The van der Waals surface area contributed by atoms with E-state index in [9.17, 15) is 0 Å². The molecule has 0 amide bonds. The van der Waals surface area contributed by atoms with E-state index in [1.165, 1.54) is 0 Å². The first-order chi connectivity index (χ1) is 8.61. The first-order valence-corrected chi connectivity index (χ1v) is 6.35. The van der Waals surface area contributed by atoms with Crippen LogP contribution in [0.4, 0.5) is 5.95 Å². The van der Waals surface area contributed by atoms with E-state index in [0.717, 1.165) is 0 Å². The lowest BCUT2D eigenvalue weighted by Crippen LogP contribution is -2.12. The summed E-state index contributed by atoms with van der Waals surface area (Å²) in [6.07, 6.45) is 0. The van der Waals surface area contributed by atoms with Gasteiger partial charge in [0, 0.05) is 13.2 Å². The molecule has 0 aliphatic carbocycles. The average Bonchev–Trinajstić information content (AvgIpc) is 2.28. The molecule has 1 rings (SSSR count). The zero-order valence-corrected chi connectivity index (χ0v) is 11.7. The summed E-state index contributed by atoms with van der Waals surface area (Å²) in [5.41, 5.74) is 0. The summed E-state index contributed by atoms with van der Waals surface area (Å²) >= 11 is 5.75. The number of aromatic nitrogens is 3. The summed E-state index contributed by atoms with van der Waals surface area (Å²) in [6, 6.07) is 0.207. The fourth-order valence-electron chi connectivity index (χ4n) is 1.14. The number of hydrogen-bond donors (Lipinski definition) is 1. The van der Waals surface area contributed by atoms with Crippen LogP contribution in [0.5, 0.6) is 6.01 Å². The third-order valence-corrected chi connectivity index (χ3v) is 2.00. The van der Waals surface area contributed by atoms with Gasteiger partial charge in [-0.15, -0.1) is 0 Å². The number of hydrogen-bond acceptors (Lipinski definition) is 6. The molecule has 0 radical (unpaired) electrons. The van der Waals surface area contributed by atoms with Gasteiger partial charge in [-0.1, -0.05) is 13.8 Å². The van der Waals surface area contributed by atoms with E-state index >= 15 is 0 Å². The molecule has 0 saturated heterocycles. The Morgan fingerprint density at radius 1 is 1.22 bits per heavy atom. The van der Waals surface area contributed by atoms with Crippen molar-refractivity contribution in [3.8, 4) is 6.01 Å². The molecule has 18 heavy (non-hydrogen) atoms. The van der Waals surface area contributed by atoms with E-state index in [2.05, 4.69) is 34.1 Å². The molecule has 0 fully saturated rings. The molecule has 1 heterocycles. The highest BCUT2D eigenvalue weighted by molar-refractivity contribution is 6.28. The van der Waals surface area contributed by atoms with Crippen LogP contribution in [0.25, 0.3) is 0 Å². The van der Waals surface area contributed by atoms with E-state index in [4.69, 9.17) is 21.1 Å². The van der Waals surface area contributed by atoms with Crippen LogP contribution in [0.15, 0.2) is 0 Å². The number of rotatable bonds is 8. The van der Waals surface area contributed by atoms with Crippen molar-refractivity contribution in [2.45, 2.75) is 20.8 Å². The first-order valence-electron chi connectivity index (χ1n) is 5.97. The Morgan fingerprint density at radius 3 is 2.67 bits per heavy atom. The molecule has 0 bridgehead atoms. The van der Waals surface area contributed by atoms with Crippen LogP contribution in [0.1, 0.15) is 20.8 Å². The zero-order valence-electron chi connectivity index (χ0n) is 10.9. The van der Waals surface area contributed by atoms with Crippen molar-refractivity contribution >= 4 is 17.5 Å². The average molecular weight is 275 g/mol. The molecule has 0 saturated carbocycles. The highest BCUT2D eigenvalue weighted by Gasteiger charge is 2.05. The summed E-state index contributed by atoms with van der Waals surface area (Å²) in [6.45, 7) is 8.43. The van der Waals surface area contributed by atoms with Gasteiger partial charge in [-0.05, 0) is 24.4 Å². The highest BCUT2D eigenvalue weighted by Crippen LogP contribution is 2.10. The summed E-state index contributed by atoms with van der Waals surface area (Å²) in [4.78, 5) is 11.8. The third kappa shape index (κ3) is 5.97. The lowest BCUT2D eigenvalue weighted by atomic mass is 10.2. The molecule has 1 aromatic rings. The van der Waals surface area contributed by atoms with Gasteiger partial charge in [0.05, 0.1) is 6.61 Å².